The molecule has 1 atom stereocenters. The van der Waals surface area contributed by atoms with Crippen LogP contribution in [0, 0.1) is 19.7 Å². The number of carbonyl (C=O) groups excluding carboxylic acids is 1. The third kappa shape index (κ3) is 4.34. The molecule has 2 aromatic rings. The van der Waals surface area contributed by atoms with Gasteiger partial charge in [0, 0.05) is 43.2 Å². The maximum atomic E-state index is 13.6. The number of piperazine rings is 1. The van der Waals surface area contributed by atoms with Crippen molar-refractivity contribution in [2.24, 2.45) is 0 Å². The number of rotatable bonds is 4. The van der Waals surface area contributed by atoms with E-state index in [0.717, 1.165) is 16.1 Å². The maximum Gasteiger partial charge on any atom is 0.307 e. The second-order valence-electron chi connectivity index (χ2n) is 6.27. The van der Waals surface area contributed by atoms with Gasteiger partial charge in [-0.3, -0.25) is 9.59 Å². The van der Waals surface area contributed by atoms with Crippen molar-refractivity contribution in [1.29, 1.82) is 0 Å². The van der Waals surface area contributed by atoms with E-state index in [1.54, 1.807) is 15.5 Å². The largest absolute Gasteiger partial charge is 0.333 e. The first-order valence-electron chi connectivity index (χ1n) is 8.40. The standard InChI is InChI=1S/C18H22FN3O2S.ClH/c1-12-13(2)25-18(24)21(12)8-6-17(23)22-9-7-20-11-16(22)14-4-3-5-15(19)10-14;/h3-5,10,16,20H,6-9,11H2,1-2H3;1H. The van der Waals surface area contributed by atoms with Crippen LogP contribution in [-0.2, 0) is 11.3 Å². The predicted octanol–water partition coefficient (Wildman–Crippen LogP) is 2.65. The number of hydrogen-bond donors (Lipinski definition) is 1. The summed E-state index contributed by atoms with van der Waals surface area (Å²) in [5.74, 6) is -0.308. The van der Waals surface area contributed by atoms with E-state index in [2.05, 4.69) is 5.32 Å². The highest BCUT2D eigenvalue weighted by atomic mass is 35.5. The van der Waals surface area contributed by atoms with E-state index < -0.39 is 0 Å². The number of thiazole rings is 1. The van der Waals surface area contributed by atoms with Crippen molar-refractivity contribution in [3.05, 3.63) is 55.9 Å². The molecule has 142 valence electrons. The first kappa shape index (κ1) is 20.6. The number of amides is 1. The Kier molecular flexibility index (Phi) is 6.97. The molecule has 5 nitrogen and oxygen atoms in total. The Balaban J connectivity index is 0.00000243. The van der Waals surface area contributed by atoms with Gasteiger partial charge in [0.05, 0.1) is 6.04 Å². The topological polar surface area (TPSA) is 54.3 Å². The number of carbonyl (C=O) groups is 1. The Morgan fingerprint density at radius 2 is 2.15 bits per heavy atom. The van der Waals surface area contributed by atoms with Crippen LogP contribution in [-0.4, -0.2) is 35.0 Å². The summed E-state index contributed by atoms with van der Waals surface area (Å²) in [7, 11) is 0. The first-order valence-corrected chi connectivity index (χ1v) is 9.21. The Morgan fingerprint density at radius 1 is 1.38 bits per heavy atom. The number of benzene rings is 1. The quantitative estimate of drug-likeness (QED) is 0.859. The van der Waals surface area contributed by atoms with Gasteiger partial charge in [-0.05, 0) is 31.5 Å². The number of halogens is 2. The van der Waals surface area contributed by atoms with E-state index in [1.165, 1.54) is 23.5 Å². The molecule has 0 bridgehead atoms. The predicted molar refractivity (Wildman–Crippen MR) is 104 cm³/mol. The van der Waals surface area contributed by atoms with E-state index >= 15 is 0 Å². The van der Waals surface area contributed by atoms with E-state index in [-0.39, 0.29) is 41.5 Å². The van der Waals surface area contributed by atoms with Gasteiger partial charge in [-0.25, -0.2) is 4.39 Å². The lowest BCUT2D eigenvalue weighted by Crippen LogP contribution is -2.49. The molecule has 0 aliphatic carbocycles. The van der Waals surface area contributed by atoms with E-state index in [0.29, 0.717) is 26.2 Å². The van der Waals surface area contributed by atoms with Crippen LogP contribution in [0.1, 0.15) is 28.6 Å². The zero-order valence-corrected chi connectivity index (χ0v) is 16.5. The highest BCUT2D eigenvalue weighted by Gasteiger charge is 2.28. The molecule has 3 rings (SSSR count). The van der Waals surface area contributed by atoms with Gasteiger partial charge in [0.15, 0.2) is 0 Å². The summed E-state index contributed by atoms with van der Waals surface area (Å²) in [5.41, 5.74) is 1.71. The molecule has 1 aliphatic heterocycles. The lowest BCUT2D eigenvalue weighted by molar-refractivity contribution is -0.134. The lowest BCUT2D eigenvalue weighted by atomic mass is 10.0. The van der Waals surface area contributed by atoms with Crippen LogP contribution in [0.3, 0.4) is 0 Å². The van der Waals surface area contributed by atoms with E-state index in [1.807, 2.05) is 19.9 Å². The summed E-state index contributed by atoms with van der Waals surface area (Å²) < 4.78 is 15.2. The molecule has 26 heavy (non-hydrogen) atoms. The van der Waals surface area contributed by atoms with Gasteiger partial charge < -0.3 is 14.8 Å². The summed E-state index contributed by atoms with van der Waals surface area (Å²) in [6.07, 6.45) is 0.267. The maximum absolute atomic E-state index is 13.6. The average molecular weight is 400 g/mol. The Hall–Kier alpha value is -1.70. The summed E-state index contributed by atoms with van der Waals surface area (Å²) >= 11 is 1.21. The molecule has 8 heteroatoms. The second kappa shape index (κ2) is 8.79. The summed E-state index contributed by atoms with van der Waals surface area (Å²) in [6.45, 7) is 6.10. The molecule has 1 aliphatic rings. The molecule has 2 heterocycles. The molecule has 1 saturated heterocycles. The number of nitrogens with one attached hydrogen (secondary N) is 1. The zero-order chi connectivity index (χ0) is 18.0. The van der Waals surface area contributed by atoms with Crippen molar-refractivity contribution >= 4 is 29.7 Å². The molecule has 0 saturated carbocycles. The van der Waals surface area contributed by atoms with Crippen LogP contribution in [0.2, 0.25) is 0 Å². The van der Waals surface area contributed by atoms with Crippen molar-refractivity contribution in [2.45, 2.75) is 32.9 Å². The van der Waals surface area contributed by atoms with Gasteiger partial charge >= 0.3 is 4.87 Å². The zero-order valence-electron chi connectivity index (χ0n) is 14.8. The second-order valence-corrected chi connectivity index (χ2v) is 7.44. The van der Waals surface area contributed by atoms with Gasteiger partial charge in [-0.15, -0.1) is 12.4 Å². The molecular formula is C18H23ClFN3O2S. The van der Waals surface area contributed by atoms with Crippen molar-refractivity contribution in [1.82, 2.24) is 14.8 Å². The molecular weight excluding hydrogens is 377 g/mol. The third-order valence-corrected chi connectivity index (χ3v) is 5.72. The number of nitrogens with zero attached hydrogens (tertiary/aromatic N) is 2. The third-order valence-electron chi connectivity index (χ3n) is 4.72. The number of aromatic nitrogens is 1. The molecule has 0 radical (unpaired) electrons. The molecule has 1 aromatic carbocycles. The molecule has 1 fully saturated rings. The SMILES string of the molecule is Cc1sc(=O)n(CCC(=O)N2CCNCC2c2cccc(F)c2)c1C.Cl. The highest BCUT2D eigenvalue weighted by molar-refractivity contribution is 7.09. The van der Waals surface area contributed by atoms with E-state index in [4.69, 9.17) is 0 Å². The minimum atomic E-state index is -0.300. The summed E-state index contributed by atoms with van der Waals surface area (Å²) in [4.78, 5) is 27.5. The van der Waals surface area contributed by atoms with Crippen molar-refractivity contribution in [3.8, 4) is 0 Å². The molecule has 1 amide bonds. The highest BCUT2D eigenvalue weighted by Crippen LogP contribution is 2.24. The van der Waals surface area contributed by atoms with Crippen LogP contribution < -0.4 is 10.2 Å². The fourth-order valence-electron chi connectivity index (χ4n) is 3.21. The van der Waals surface area contributed by atoms with Gasteiger partial charge in [0.25, 0.3) is 0 Å². The van der Waals surface area contributed by atoms with Crippen LogP contribution in [0.25, 0.3) is 0 Å². The Morgan fingerprint density at radius 3 is 2.81 bits per heavy atom. The monoisotopic (exact) mass is 399 g/mol. The normalized spacial score (nSPS) is 17.0. The van der Waals surface area contributed by atoms with Crippen molar-refractivity contribution in [2.75, 3.05) is 19.6 Å². The van der Waals surface area contributed by atoms with Crippen molar-refractivity contribution < 1.29 is 9.18 Å². The van der Waals surface area contributed by atoms with Gasteiger partial charge in [-0.1, -0.05) is 23.5 Å². The van der Waals surface area contributed by atoms with Gasteiger partial charge in [0.2, 0.25) is 5.91 Å². The fraction of sp³-hybridized carbons (Fsp3) is 0.444. The van der Waals surface area contributed by atoms with Gasteiger partial charge in [-0.2, -0.15) is 0 Å². The van der Waals surface area contributed by atoms with Crippen molar-refractivity contribution in [3.63, 3.8) is 0 Å². The smallest absolute Gasteiger partial charge is 0.307 e. The van der Waals surface area contributed by atoms with Crippen LogP contribution in [0.4, 0.5) is 4.39 Å². The van der Waals surface area contributed by atoms with Crippen LogP contribution in [0.5, 0.6) is 0 Å². The number of aryl methyl sites for hydroxylation is 1. The Labute approximate surface area is 162 Å². The molecule has 0 spiro atoms. The minimum Gasteiger partial charge on any atom is -0.333 e. The Bertz CT molecular complexity index is 836. The van der Waals surface area contributed by atoms with Crippen LogP contribution in [0.15, 0.2) is 29.1 Å². The average Bonchev–Trinajstić information content (AvgIpc) is 2.85. The minimum absolute atomic E-state index is 0. The summed E-state index contributed by atoms with van der Waals surface area (Å²) in [6, 6.07) is 6.21. The first-order chi connectivity index (χ1) is 12.0. The molecule has 1 unspecified atom stereocenters. The fourth-order valence-corrected chi connectivity index (χ4v) is 4.07. The van der Waals surface area contributed by atoms with Gasteiger partial charge in [0.1, 0.15) is 5.82 Å². The molecule has 1 aromatic heterocycles. The lowest BCUT2D eigenvalue weighted by Gasteiger charge is -2.36. The van der Waals surface area contributed by atoms with E-state index in [9.17, 15) is 14.0 Å². The number of hydrogen-bond acceptors (Lipinski definition) is 4. The van der Waals surface area contributed by atoms with Crippen LogP contribution >= 0.6 is 23.7 Å². The summed E-state index contributed by atoms with van der Waals surface area (Å²) in [5, 5.41) is 3.26. The molecule has 1 N–H and O–H groups in total.